The van der Waals surface area contributed by atoms with Gasteiger partial charge in [0.25, 0.3) is 0 Å². The summed E-state index contributed by atoms with van der Waals surface area (Å²) in [6.07, 6.45) is 1.50. The van der Waals surface area contributed by atoms with Crippen LogP contribution in [0.5, 0.6) is 0 Å². The topological polar surface area (TPSA) is 90.0 Å². The zero-order chi connectivity index (χ0) is 23.4. The number of hydrogen-bond donors (Lipinski definition) is 1. The fourth-order valence-corrected chi connectivity index (χ4v) is 5.78. The molecule has 0 spiro atoms. The molecule has 176 valence electrons. The number of amides is 3. The van der Waals surface area contributed by atoms with Crippen LogP contribution in [0.1, 0.15) is 18.4 Å². The van der Waals surface area contributed by atoms with Crippen molar-refractivity contribution in [1.29, 1.82) is 0 Å². The summed E-state index contributed by atoms with van der Waals surface area (Å²) in [5, 5.41) is 2.88. The summed E-state index contributed by atoms with van der Waals surface area (Å²) in [6.45, 7) is 4.16. The van der Waals surface area contributed by atoms with Crippen LogP contribution >= 0.6 is 0 Å². The van der Waals surface area contributed by atoms with Crippen molar-refractivity contribution in [3.05, 3.63) is 60.2 Å². The van der Waals surface area contributed by atoms with Crippen LogP contribution in [0.2, 0.25) is 0 Å². The van der Waals surface area contributed by atoms with Gasteiger partial charge < -0.3 is 15.1 Å². The molecule has 4 rings (SSSR count). The van der Waals surface area contributed by atoms with Crippen LogP contribution in [0.25, 0.3) is 0 Å². The van der Waals surface area contributed by atoms with E-state index in [-0.39, 0.29) is 35.8 Å². The van der Waals surface area contributed by atoms with Gasteiger partial charge in [0.1, 0.15) is 0 Å². The second-order valence-corrected chi connectivity index (χ2v) is 10.6. The number of aryl methyl sites for hydroxylation is 1. The Morgan fingerprint density at radius 3 is 2.21 bits per heavy atom. The Hall–Kier alpha value is -2.91. The number of urea groups is 1. The number of carbonyl (C=O) groups is 2. The molecule has 2 aromatic carbocycles. The third-order valence-electron chi connectivity index (χ3n) is 6.29. The summed E-state index contributed by atoms with van der Waals surface area (Å²) >= 11 is 0. The first kappa shape index (κ1) is 23.3. The largest absolute Gasteiger partial charge is 0.340 e. The predicted molar refractivity (Wildman–Crippen MR) is 126 cm³/mol. The van der Waals surface area contributed by atoms with Crippen LogP contribution in [0.15, 0.2) is 59.5 Å². The maximum atomic E-state index is 13.1. The van der Waals surface area contributed by atoms with Crippen LogP contribution in [0.4, 0.5) is 10.5 Å². The molecule has 0 radical (unpaired) electrons. The highest BCUT2D eigenvalue weighted by atomic mass is 32.2. The van der Waals surface area contributed by atoms with Crippen LogP contribution in [-0.2, 0) is 14.8 Å². The molecule has 0 aliphatic carbocycles. The van der Waals surface area contributed by atoms with E-state index in [1.165, 1.54) is 4.31 Å². The molecule has 2 aromatic rings. The number of piperidine rings is 1. The Balaban J connectivity index is 1.32. The van der Waals surface area contributed by atoms with Gasteiger partial charge in [0.05, 0.1) is 10.8 Å². The van der Waals surface area contributed by atoms with Crippen LogP contribution in [0, 0.1) is 12.8 Å². The first-order valence-electron chi connectivity index (χ1n) is 11.3. The maximum absolute atomic E-state index is 13.1. The second-order valence-electron chi connectivity index (χ2n) is 8.62. The molecule has 3 amide bonds. The molecular weight excluding hydrogens is 440 g/mol. The lowest BCUT2D eigenvalue weighted by Crippen LogP contribution is -2.54. The summed E-state index contributed by atoms with van der Waals surface area (Å²) in [6, 6.07) is 15.9. The van der Waals surface area contributed by atoms with E-state index < -0.39 is 10.0 Å². The molecule has 8 nitrogen and oxygen atoms in total. The summed E-state index contributed by atoms with van der Waals surface area (Å²) < 4.78 is 27.3. The predicted octanol–water partition coefficient (Wildman–Crippen LogP) is 2.77. The first-order valence-corrected chi connectivity index (χ1v) is 12.8. The lowest BCUT2D eigenvalue weighted by Gasteiger charge is -2.38. The zero-order valence-corrected chi connectivity index (χ0v) is 19.6. The van der Waals surface area contributed by atoms with Gasteiger partial charge in [0, 0.05) is 45.0 Å². The zero-order valence-electron chi connectivity index (χ0n) is 18.8. The molecule has 1 atom stereocenters. The Bertz CT molecular complexity index is 1080. The smallest absolute Gasteiger partial charge is 0.321 e. The van der Waals surface area contributed by atoms with Gasteiger partial charge in [0.2, 0.25) is 15.9 Å². The van der Waals surface area contributed by atoms with Gasteiger partial charge in [-0.25, -0.2) is 13.2 Å². The monoisotopic (exact) mass is 470 g/mol. The number of para-hydroxylation sites is 1. The number of sulfonamides is 1. The van der Waals surface area contributed by atoms with Crippen LogP contribution in [-0.4, -0.2) is 73.7 Å². The minimum Gasteiger partial charge on any atom is -0.340 e. The molecule has 0 saturated carbocycles. The number of anilines is 1. The summed E-state index contributed by atoms with van der Waals surface area (Å²) in [5.74, 6) is -0.264. The standard InChI is InChI=1S/C24H30N4O4S/c1-19-9-11-22(12-10-19)33(31,32)28-16-14-26(15-17-28)23(29)20-6-5-13-27(18-20)24(30)25-21-7-3-2-4-8-21/h2-4,7-12,20H,5-6,13-18H2,1H3,(H,25,30). The number of piperazine rings is 1. The highest BCUT2D eigenvalue weighted by Crippen LogP contribution is 2.23. The number of nitrogens with one attached hydrogen (secondary N) is 1. The van der Waals surface area contributed by atoms with Crippen molar-refractivity contribution < 1.29 is 18.0 Å². The number of benzene rings is 2. The third kappa shape index (κ3) is 5.36. The number of carbonyl (C=O) groups excluding carboxylic acids is 2. The van der Waals surface area contributed by atoms with Crippen molar-refractivity contribution >= 4 is 27.6 Å². The Labute approximate surface area is 195 Å². The van der Waals surface area contributed by atoms with Gasteiger partial charge in [-0.05, 0) is 44.0 Å². The fraction of sp³-hybridized carbons (Fsp3) is 0.417. The van der Waals surface area contributed by atoms with Crippen molar-refractivity contribution in [2.75, 3.05) is 44.6 Å². The molecule has 2 heterocycles. The number of hydrogen-bond acceptors (Lipinski definition) is 4. The second kappa shape index (κ2) is 9.93. The average Bonchev–Trinajstić information content (AvgIpc) is 2.84. The molecule has 2 aliphatic rings. The van der Waals surface area contributed by atoms with Gasteiger partial charge in [-0.2, -0.15) is 4.31 Å². The first-order chi connectivity index (χ1) is 15.8. The van der Waals surface area contributed by atoms with Gasteiger partial charge >= 0.3 is 6.03 Å². The molecule has 2 saturated heterocycles. The number of nitrogens with zero attached hydrogens (tertiary/aromatic N) is 3. The molecule has 0 bridgehead atoms. The van der Waals surface area contributed by atoms with E-state index in [1.807, 2.05) is 37.3 Å². The molecule has 33 heavy (non-hydrogen) atoms. The summed E-state index contributed by atoms with van der Waals surface area (Å²) in [4.78, 5) is 29.5. The van der Waals surface area contributed by atoms with Crippen LogP contribution in [0.3, 0.4) is 0 Å². The van der Waals surface area contributed by atoms with Crippen molar-refractivity contribution in [3.63, 3.8) is 0 Å². The Morgan fingerprint density at radius 1 is 0.879 bits per heavy atom. The molecule has 1 unspecified atom stereocenters. The molecule has 9 heteroatoms. The van der Waals surface area contributed by atoms with Gasteiger partial charge in [-0.15, -0.1) is 0 Å². The number of rotatable bonds is 4. The lowest BCUT2D eigenvalue weighted by atomic mass is 9.96. The molecule has 0 aromatic heterocycles. The van der Waals surface area contributed by atoms with Gasteiger partial charge in [0.15, 0.2) is 0 Å². The minimum absolute atomic E-state index is 0.000375. The third-order valence-corrected chi connectivity index (χ3v) is 8.20. The Morgan fingerprint density at radius 2 is 1.55 bits per heavy atom. The van der Waals surface area contributed by atoms with Gasteiger partial charge in [-0.1, -0.05) is 35.9 Å². The molecular formula is C24H30N4O4S. The van der Waals surface area contributed by atoms with Crippen molar-refractivity contribution in [2.45, 2.75) is 24.7 Å². The van der Waals surface area contributed by atoms with Crippen molar-refractivity contribution in [3.8, 4) is 0 Å². The lowest BCUT2D eigenvalue weighted by molar-refractivity contribution is -0.138. The quantitative estimate of drug-likeness (QED) is 0.744. The van der Waals surface area contributed by atoms with E-state index in [0.717, 1.165) is 24.1 Å². The van der Waals surface area contributed by atoms with Crippen molar-refractivity contribution in [1.82, 2.24) is 14.1 Å². The highest BCUT2D eigenvalue weighted by Gasteiger charge is 2.35. The Kier molecular flexibility index (Phi) is 6.99. The molecule has 2 fully saturated rings. The van der Waals surface area contributed by atoms with E-state index in [4.69, 9.17) is 0 Å². The number of likely N-dealkylation sites (tertiary alicyclic amines) is 1. The van der Waals surface area contributed by atoms with Crippen LogP contribution < -0.4 is 5.32 Å². The van der Waals surface area contributed by atoms with Gasteiger partial charge in [-0.3, -0.25) is 4.79 Å². The molecule has 2 aliphatic heterocycles. The average molecular weight is 471 g/mol. The van der Waals surface area contributed by atoms with E-state index >= 15 is 0 Å². The van der Waals surface area contributed by atoms with E-state index in [0.29, 0.717) is 26.2 Å². The highest BCUT2D eigenvalue weighted by molar-refractivity contribution is 7.89. The summed E-state index contributed by atoms with van der Waals surface area (Å²) in [5.41, 5.74) is 1.73. The van der Waals surface area contributed by atoms with E-state index in [1.54, 1.807) is 34.1 Å². The molecule has 1 N–H and O–H groups in total. The van der Waals surface area contributed by atoms with Crippen molar-refractivity contribution in [2.24, 2.45) is 5.92 Å². The summed E-state index contributed by atoms with van der Waals surface area (Å²) in [7, 11) is -3.57. The maximum Gasteiger partial charge on any atom is 0.321 e. The normalized spacial score (nSPS) is 19.8. The SMILES string of the molecule is Cc1ccc(S(=O)(=O)N2CCN(C(=O)C3CCCN(C(=O)Nc4ccccc4)C3)CC2)cc1. The fourth-order valence-electron chi connectivity index (χ4n) is 4.35. The van der Waals surface area contributed by atoms with E-state index in [9.17, 15) is 18.0 Å². The minimum atomic E-state index is -3.57. The van der Waals surface area contributed by atoms with E-state index in [2.05, 4.69) is 5.32 Å².